The number of hydrogen-bond donors (Lipinski definition) is 0. The number of benzene rings is 2. The summed E-state index contributed by atoms with van der Waals surface area (Å²) in [5, 5.41) is 0. The molecule has 0 bridgehead atoms. The zero-order chi connectivity index (χ0) is 23.3. The molecule has 1 amide bonds. The Hall–Kier alpha value is -2.73. The number of amides is 1. The second-order valence-corrected chi connectivity index (χ2v) is 9.23. The fourth-order valence-corrected chi connectivity index (χ4v) is 5.11. The van der Waals surface area contributed by atoms with Gasteiger partial charge in [0.05, 0.1) is 6.67 Å². The molecule has 33 heavy (non-hydrogen) atoms. The Kier molecular flexibility index (Phi) is 7.43. The first-order chi connectivity index (χ1) is 16.0. The van der Waals surface area contributed by atoms with Crippen LogP contribution in [0.25, 0.3) is 0 Å². The van der Waals surface area contributed by atoms with E-state index in [0.29, 0.717) is 18.7 Å². The van der Waals surface area contributed by atoms with Crippen LogP contribution < -0.4 is 4.90 Å². The van der Waals surface area contributed by atoms with Crippen molar-refractivity contribution in [3.8, 4) is 0 Å². The minimum atomic E-state index is -0.463. The van der Waals surface area contributed by atoms with Crippen LogP contribution in [0, 0.1) is 5.82 Å². The molecular weight excluding hydrogens is 417 g/mol. The summed E-state index contributed by atoms with van der Waals surface area (Å²) < 4.78 is 13.1. The van der Waals surface area contributed by atoms with Crippen LogP contribution in [0.5, 0.6) is 0 Å². The number of carbonyl (C=O) groups is 2. The molecule has 0 unspecified atom stereocenters. The first kappa shape index (κ1) is 23.4. The fraction of sp³-hybridized carbons (Fsp3) is 0.481. The summed E-state index contributed by atoms with van der Waals surface area (Å²) in [7, 11) is 0. The lowest BCUT2D eigenvalue weighted by Crippen LogP contribution is -2.56. The molecule has 0 N–H and O–H groups in total. The Bertz CT molecular complexity index is 940. The van der Waals surface area contributed by atoms with E-state index in [1.165, 1.54) is 12.1 Å². The SMILES string of the molecule is CCCCN1CN(c2ccccc2)C2(CCN(CCCC(=O)c3ccc(F)cc3)CC2)C1=O. The quantitative estimate of drug-likeness (QED) is 0.517. The predicted octanol–water partition coefficient (Wildman–Crippen LogP) is 4.73. The van der Waals surface area contributed by atoms with Crippen LogP contribution in [0.4, 0.5) is 10.1 Å². The summed E-state index contributed by atoms with van der Waals surface area (Å²) >= 11 is 0. The second-order valence-electron chi connectivity index (χ2n) is 9.23. The monoisotopic (exact) mass is 451 g/mol. The summed E-state index contributed by atoms with van der Waals surface area (Å²) in [6.07, 6.45) is 4.92. The zero-order valence-electron chi connectivity index (χ0n) is 19.5. The highest BCUT2D eigenvalue weighted by Gasteiger charge is 2.53. The number of anilines is 1. The van der Waals surface area contributed by atoms with Crippen molar-refractivity contribution >= 4 is 17.4 Å². The van der Waals surface area contributed by atoms with Crippen LogP contribution in [0.2, 0.25) is 0 Å². The standard InChI is InChI=1S/C27H34FN3O2/c1-2-3-18-30-21-31(24-8-5-4-6-9-24)27(26(30)33)15-19-29(20-16-27)17-7-10-25(32)22-11-13-23(28)14-12-22/h4-6,8-9,11-14H,2-3,7,10,15-21H2,1H3. The van der Waals surface area contributed by atoms with Gasteiger partial charge in [-0.25, -0.2) is 4.39 Å². The molecule has 0 radical (unpaired) electrons. The van der Waals surface area contributed by atoms with Crippen molar-refractivity contribution in [1.29, 1.82) is 0 Å². The minimum absolute atomic E-state index is 0.0521. The number of rotatable bonds is 9. The Labute approximate surface area is 196 Å². The van der Waals surface area contributed by atoms with Gasteiger partial charge in [-0.1, -0.05) is 31.5 Å². The molecule has 0 atom stereocenters. The highest BCUT2D eigenvalue weighted by atomic mass is 19.1. The van der Waals surface area contributed by atoms with E-state index in [0.717, 1.165) is 64.0 Å². The van der Waals surface area contributed by atoms with Crippen molar-refractivity contribution in [1.82, 2.24) is 9.80 Å². The maximum Gasteiger partial charge on any atom is 0.250 e. The summed E-state index contributed by atoms with van der Waals surface area (Å²) in [4.78, 5) is 32.7. The van der Waals surface area contributed by atoms with Gasteiger partial charge in [0, 0.05) is 37.3 Å². The number of para-hydroxylation sites is 1. The predicted molar refractivity (Wildman–Crippen MR) is 129 cm³/mol. The van der Waals surface area contributed by atoms with Gasteiger partial charge < -0.3 is 14.7 Å². The summed E-state index contributed by atoms with van der Waals surface area (Å²) in [6, 6.07) is 16.1. The molecule has 2 aliphatic rings. The molecule has 2 aromatic carbocycles. The van der Waals surface area contributed by atoms with Gasteiger partial charge in [-0.2, -0.15) is 0 Å². The Morgan fingerprint density at radius 2 is 1.67 bits per heavy atom. The van der Waals surface area contributed by atoms with Crippen LogP contribution in [0.3, 0.4) is 0 Å². The number of carbonyl (C=O) groups excluding carboxylic acids is 2. The number of hydrogen-bond acceptors (Lipinski definition) is 4. The number of unbranched alkanes of at least 4 members (excludes halogenated alkanes) is 1. The van der Waals surface area contributed by atoms with Crippen molar-refractivity contribution in [2.24, 2.45) is 0 Å². The van der Waals surface area contributed by atoms with E-state index < -0.39 is 5.54 Å². The van der Waals surface area contributed by atoms with E-state index in [1.807, 2.05) is 23.1 Å². The molecule has 5 nitrogen and oxygen atoms in total. The van der Waals surface area contributed by atoms with E-state index in [-0.39, 0.29) is 17.5 Å². The number of likely N-dealkylation sites (tertiary alicyclic amines) is 1. The van der Waals surface area contributed by atoms with E-state index in [1.54, 1.807) is 12.1 Å². The van der Waals surface area contributed by atoms with Gasteiger partial charge in [-0.15, -0.1) is 0 Å². The number of nitrogens with zero attached hydrogens (tertiary/aromatic N) is 3. The Morgan fingerprint density at radius 3 is 2.33 bits per heavy atom. The first-order valence-electron chi connectivity index (χ1n) is 12.2. The van der Waals surface area contributed by atoms with E-state index in [4.69, 9.17) is 0 Å². The van der Waals surface area contributed by atoms with E-state index in [2.05, 4.69) is 28.9 Å². The van der Waals surface area contributed by atoms with Crippen LogP contribution in [-0.2, 0) is 4.79 Å². The lowest BCUT2D eigenvalue weighted by atomic mass is 9.85. The maximum absolute atomic E-state index is 13.6. The molecule has 2 aromatic rings. The Balaban J connectivity index is 1.36. The van der Waals surface area contributed by atoms with Crippen molar-refractivity contribution in [3.63, 3.8) is 0 Å². The van der Waals surface area contributed by atoms with Crippen LogP contribution >= 0.6 is 0 Å². The number of piperidine rings is 1. The molecule has 2 heterocycles. The van der Waals surface area contributed by atoms with Gasteiger partial charge >= 0.3 is 0 Å². The average molecular weight is 452 g/mol. The van der Waals surface area contributed by atoms with Crippen molar-refractivity contribution in [2.75, 3.05) is 37.7 Å². The molecule has 4 rings (SSSR count). The Morgan fingerprint density at radius 1 is 0.970 bits per heavy atom. The molecule has 2 saturated heterocycles. The molecular formula is C27H34FN3O2. The van der Waals surface area contributed by atoms with Crippen LogP contribution in [0.15, 0.2) is 54.6 Å². The van der Waals surface area contributed by atoms with Gasteiger partial charge in [-0.05, 0) is 68.6 Å². The maximum atomic E-state index is 13.6. The highest BCUT2D eigenvalue weighted by Crippen LogP contribution is 2.39. The molecule has 0 aromatic heterocycles. The van der Waals surface area contributed by atoms with Crippen LogP contribution in [0.1, 0.15) is 55.8 Å². The summed E-state index contributed by atoms with van der Waals surface area (Å²) in [5.74, 6) is -0.00438. The molecule has 2 fully saturated rings. The average Bonchev–Trinajstić information content (AvgIpc) is 3.11. The number of Topliss-reactive ketones (excluding diaryl/α,β-unsaturated/α-hetero) is 1. The normalized spacial score (nSPS) is 18.3. The summed E-state index contributed by atoms with van der Waals surface area (Å²) in [6.45, 7) is 6.17. The first-order valence-corrected chi connectivity index (χ1v) is 12.2. The van der Waals surface area contributed by atoms with Crippen LogP contribution in [-0.4, -0.2) is 59.9 Å². The van der Waals surface area contributed by atoms with Crippen molar-refractivity contribution in [3.05, 3.63) is 66.0 Å². The minimum Gasteiger partial charge on any atom is -0.339 e. The molecule has 0 aliphatic carbocycles. The number of halogens is 1. The van der Waals surface area contributed by atoms with Crippen molar-refractivity contribution < 1.29 is 14.0 Å². The largest absolute Gasteiger partial charge is 0.339 e. The molecule has 6 heteroatoms. The third-order valence-corrected chi connectivity index (χ3v) is 7.09. The zero-order valence-corrected chi connectivity index (χ0v) is 19.5. The lowest BCUT2D eigenvalue weighted by molar-refractivity contribution is -0.133. The van der Waals surface area contributed by atoms with Gasteiger partial charge in [0.1, 0.15) is 11.4 Å². The van der Waals surface area contributed by atoms with Gasteiger partial charge in [0.15, 0.2) is 5.78 Å². The second kappa shape index (κ2) is 10.5. The fourth-order valence-electron chi connectivity index (χ4n) is 5.11. The van der Waals surface area contributed by atoms with Crippen molar-refractivity contribution in [2.45, 2.75) is 51.0 Å². The molecule has 1 spiro atoms. The molecule has 0 saturated carbocycles. The van der Waals surface area contributed by atoms with Gasteiger partial charge in [0.25, 0.3) is 0 Å². The highest BCUT2D eigenvalue weighted by molar-refractivity contribution is 5.96. The lowest BCUT2D eigenvalue weighted by Gasteiger charge is -2.43. The van der Waals surface area contributed by atoms with Gasteiger partial charge in [-0.3, -0.25) is 9.59 Å². The third-order valence-electron chi connectivity index (χ3n) is 7.09. The summed E-state index contributed by atoms with van der Waals surface area (Å²) in [5.41, 5.74) is 1.22. The number of ketones is 1. The third kappa shape index (κ3) is 5.11. The topological polar surface area (TPSA) is 43.9 Å². The smallest absolute Gasteiger partial charge is 0.250 e. The molecule has 2 aliphatic heterocycles. The van der Waals surface area contributed by atoms with E-state index in [9.17, 15) is 14.0 Å². The van der Waals surface area contributed by atoms with E-state index >= 15 is 0 Å². The molecule has 176 valence electrons. The van der Waals surface area contributed by atoms with Gasteiger partial charge in [0.2, 0.25) is 5.91 Å².